The van der Waals surface area contributed by atoms with Crippen molar-refractivity contribution in [3.05, 3.63) is 83.4 Å². The van der Waals surface area contributed by atoms with Crippen molar-refractivity contribution in [3.8, 4) is 11.5 Å². The Balaban J connectivity index is 1.75. The fraction of sp³-hybridized carbons (Fsp3) is 0.310. The zero-order valence-electron chi connectivity index (χ0n) is 22.0. The van der Waals surface area contributed by atoms with Crippen molar-refractivity contribution in [2.45, 2.75) is 52.2 Å². The third-order valence-corrected chi connectivity index (χ3v) is 6.28. The first-order chi connectivity index (χ1) is 18.0. The van der Waals surface area contributed by atoms with E-state index < -0.39 is 17.5 Å². The maximum Gasteiger partial charge on any atom is 0.247 e. The van der Waals surface area contributed by atoms with Gasteiger partial charge in [0.05, 0.1) is 5.52 Å². The molecule has 198 valence electrons. The van der Waals surface area contributed by atoms with E-state index >= 15 is 0 Å². The lowest BCUT2D eigenvalue weighted by atomic mass is 9.99. The zero-order chi connectivity index (χ0) is 27.4. The predicted octanol–water partition coefficient (Wildman–Crippen LogP) is 3.88. The third kappa shape index (κ3) is 6.11. The molecule has 0 radical (unpaired) electrons. The third-order valence-electron chi connectivity index (χ3n) is 6.28. The summed E-state index contributed by atoms with van der Waals surface area (Å²) in [5, 5.41) is 31.4. The lowest BCUT2D eigenvalue weighted by molar-refractivity contribution is -0.142. The lowest BCUT2D eigenvalue weighted by Gasteiger charge is -2.34. The van der Waals surface area contributed by atoms with Gasteiger partial charge in [-0.3, -0.25) is 9.59 Å². The molecule has 0 fully saturated rings. The van der Waals surface area contributed by atoms with Crippen LogP contribution in [-0.2, 0) is 22.6 Å². The van der Waals surface area contributed by atoms with Gasteiger partial charge < -0.3 is 20.4 Å². The van der Waals surface area contributed by atoms with Gasteiger partial charge in [0.1, 0.15) is 18.1 Å². The van der Waals surface area contributed by atoms with Gasteiger partial charge in [0.25, 0.3) is 0 Å². The summed E-state index contributed by atoms with van der Waals surface area (Å²) in [7, 11) is 0. The van der Waals surface area contributed by atoms with Gasteiger partial charge in [-0.2, -0.15) is 0 Å². The first-order valence-electron chi connectivity index (χ1n) is 12.5. The van der Waals surface area contributed by atoms with Gasteiger partial charge in [-0.25, -0.2) is 4.68 Å². The van der Waals surface area contributed by atoms with Crippen molar-refractivity contribution < 1.29 is 19.8 Å². The summed E-state index contributed by atoms with van der Waals surface area (Å²) in [6.07, 6.45) is 0.514. The van der Waals surface area contributed by atoms with Crippen molar-refractivity contribution in [2.24, 2.45) is 0 Å². The average molecular weight is 516 g/mol. The van der Waals surface area contributed by atoms with Crippen molar-refractivity contribution in [3.63, 3.8) is 0 Å². The maximum absolute atomic E-state index is 13.9. The number of nitrogens with zero attached hydrogens (tertiary/aromatic N) is 4. The van der Waals surface area contributed by atoms with E-state index in [0.29, 0.717) is 23.0 Å². The topological polar surface area (TPSA) is 121 Å². The Kier molecular flexibility index (Phi) is 7.66. The molecule has 38 heavy (non-hydrogen) atoms. The van der Waals surface area contributed by atoms with Crippen LogP contribution in [0.5, 0.6) is 11.5 Å². The van der Waals surface area contributed by atoms with Crippen molar-refractivity contribution in [1.29, 1.82) is 0 Å². The van der Waals surface area contributed by atoms with Gasteiger partial charge in [0, 0.05) is 12.1 Å². The van der Waals surface area contributed by atoms with Crippen LogP contribution in [0.2, 0.25) is 0 Å². The zero-order valence-corrected chi connectivity index (χ0v) is 22.0. The fourth-order valence-corrected chi connectivity index (χ4v) is 4.40. The summed E-state index contributed by atoms with van der Waals surface area (Å²) in [6.45, 7) is 7.69. The van der Waals surface area contributed by atoms with Crippen LogP contribution < -0.4 is 5.32 Å². The Morgan fingerprint density at radius 1 is 1.00 bits per heavy atom. The Morgan fingerprint density at radius 3 is 2.42 bits per heavy atom. The van der Waals surface area contributed by atoms with E-state index in [1.165, 1.54) is 21.7 Å². The number of rotatable bonds is 8. The van der Waals surface area contributed by atoms with Crippen LogP contribution in [0, 0.1) is 6.92 Å². The van der Waals surface area contributed by atoms with Gasteiger partial charge in [-0.1, -0.05) is 47.7 Å². The van der Waals surface area contributed by atoms with Crippen LogP contribution in [0.3, 0.4) is 0 Å². The largest absolute Gasteiger partial charge is 0.504 e. The summed E-state index contributed by atoms with van der Waals surface area (Å²) in [6, 6.07) is 18.4. The van der Waals surface area contributed by atoms with Crippen molar-refractivity contribution in [2.75, 3.05) is 6.54 Å². The van der Waals surface area contributed by atoms with Crippen LogP contribution in [0.25, 0.3) is 11.0 Å². The molecule has 9 heteroatoms. The molecule has 3 aromatic carbocycles. The molecule has 0 saturated carbocycles. The molecule has 0 bridgehead atoms. The molecule has 0 aliphatic heterocycles. The van der Waals surface area contributed by atoms with E-state index in [9.17, 15) is 19.8 Å². The fourth-order valence-electron chi connectivity index (χ4n) is 4.40. The first kappa shape index (κ1) is 26.7. The van der Waals surface area contributed by atoms with Gasteiger partial charge >= 0.3 is 0 Å². The van der Waals surface area contributed by atoms with E-state index in [1.807, 2.05) is 76.2 Å². The van der Waals surface area contributed by atoms with Crippen molar-refractivity contribution >= 4 is 22.8 Å². The number of para-hydroxylation sites is 1. The van der Waals surface area contributed by atoms with Gasteiger partial charge in [-0.05, 0) is 75.1 Å². The summed E-state index contributed by atoms with van der Waals surface area (Å²) in [5.74, 6) is -1.42. The average Bonchev–Trinajstić information content (AvgIpc) is 3.26. The van der Waals surface area contributed by atoms with Crippen molar-refractivity contribution in [1.82, 2.24) is 25.2 Å². The molecule has 9 nitrogen and oxygen atoms in total. The number of hydrogen-bond donors (Lipinski definition) is 3. The highest BCUT2D eigenvalue weighted by molar-refractivity contribution is 5.89. The standard InChI is InChI=1S/C29H33N5O4/c1-19-9-5-6-10-20(19)15-16-33(26(37)18-34-23-12-8-7-11-22(23)31-32-34)27(28(38)30-29(2,3)4)21-13-14-24(35)25(36)17-21/h5-14,17,27,35-36H,15-16,18H2,1-4H3,(H,30,38). The number of hydrogen-bond acceptors (Lipinski definition) is 6. The smallest absolute Gasteiger partial charge is 0.247 e. The number of fused-ring (bicyclic) bond motifs is 1. The first-order valence-corrected chi connectivity index (χ1v) is 12.5. The van der Waals surface area contributed by atoms with Crippen LogP contribution in [0.1, 0.15) is 43.5 Å². The van der Waals surface area contributed by atoms with Crippen LogP contribution >= 0.6 is 0 Å². The molecule has 0 aliphatic carbocycles. The molecule has 2 amide bonds. The van der Waals surface area contributed by atoms with E-state index in [4.69, 9.17) is 0 Å². The number of benzene rings is 3. The number of phenols is 2. The number of carbonyl (C=O) groups excluding carboxylic acids is 2. The molecule has 1 heterocycles. The van der Waals surface area contributed by atoms with Gasteiger partial charge in [-0.15, -0.1) is 5.10 Å². The predicted molar refractivity (Wildman–Crippen MR) is 145 cm³/mol. The lowest BCUT2D eigenvalue weighted by Crippen LogP contribution is -2.50. The van der Waals surface area contributed by atoms with Crippen LogP contribution in [-0.4, -0.2) is 54.0 Å². The quantitative estimate of drug-likeness (QED) is 0.306. The minimum atomic E-state index is -1.06. The maximum atomic E-state index is 13.9. The van der Waals surface area contributed by atoms with E-state index in [2.05, 4.69) is 15.6 Å². The second kappa shape index (κ2) is 10.9. The Bertz CT molecular complexity index is 1460. The number of nitrogens with one attached hydrogen (secondary N) is 1. The highest BCUT2D eigenvalue weighted by Gasteiger charge is 2.34. The summed E-state index contributed by atoms with van der Waals surface area (Å²) < 4.78 is 1.52. The Labute approximate surface area is 221 Å². The minimum absolute atomic E-state index is 0.127. The number of aromatic hydroxyl groups is 2. The highest BCUT2D eigenvalue weighted by Crippen LogP contribution is 2.31. The molecule has 1 aromatic heterocycles. The number of aryl methyl sites for hydroxylation is 1. The molecule has 0 spiro atoms. The second-order valence-corrected chi connectivity index (χ2v) is 10.4. The van der Waals surface area contributed by atoms with Crippen LogP contribution in [0.4, 0.5) is 0 Å². The van der Waals surface area contributed by atoms with Gasteiger partial charge in [0.2, 0.25) is 11.8 Å². The van der Waals surface area contributed by atoms with E-state index in [-0.39, 0.29) is 30.5 Å². The second-order valence-electron chi connectivity index (χ2n) is 10.4. The Hall–Kier alpha value is -4.40. The van der Waals surface area contributed by atoms with Crippen LogP contribution in [0.15, 0.2) is 66.7 Å². The SMILES string of the molecule is Cc1ccccc1CCN(C(=O)Cn1nnc2ccccc21)C(C(=O)NC(C)(C)C)c1ccc(O)c(O)c1. The number of carbonyl (C=O) groups is 2. The van der Waals surface area contributed by atoms with E-state index in [0.717, 1.165) is 11.1 Å². The monoisotopic (exact) mass is 515 g/mol. The number of amides is 2. The summed E-state index contributed by atoms with van der Waals surface area (Å²) >= 11 is 0. The number of aromatic nitrogens is 3. The molecule has 3 N–H and O–H groups in total. The van der Waals surface area contributed by atoms with E-state index in [1.54, 1.807) is 6.07 Å². The summed E-state index contributed by atoms with van der Waals surface area (Å²) in [4.78, 5) is 29.2. The summed E-state index contributed by atoms with van der Waals surface area (Å²) in [5.41, 5.74) is 3.32. The molecule has 1 atom stereocenters. The Morgan fingerprint density at radius 2 is 1.71 bits per heavy atom. The molecule has 0 aliphatic rings. The molecule has 1 unspecified atom stereocenters. The normalized spacial score (nSPS) is 12.3. The molecule has 4 rings (SSSR count). The highest BCUT2D eigenvalue weighted by atomic mass is 16.3. The molecule has 0 saturated heterocycles. The molecular formula is C29H33N5O4. The van der Waals surface area contributed by atoms with Gasteiger partial charge in [0.15, 0.2) is 11.5 Å². The molecular weight excluding hydrogens is 482 g/mol. The minimum Gasteiger partial charge on any atom is -0.504 e. The molecule has 4 aromatic rings. The number of phenolic OH excluding ortho intramolecular Hbond substituents is 2.